The van der Waals surface area contributed by atoms with Gasteiger partial charge >= 0.3 is 0 Å². The molecule has 5 nitrogen and oxygen atoms in total. The molecule has 1 aliphatic heterocycles. The Morgan fingerprint density at radius 2 is 2.17 bits per heavy atom. The van der Waals surface area contributed by atoms with Crippen LogP contribution in [0.2, 0.25) is 0 Å². The van der Waals surface area contributed by atoms with Crippen LogP contribution in [-0.2, 0) is 11.5 Å². The van der Waals surface area contributed by atoms with Crippen molar-refractivity contribution in [3.05, 3.63) is 53.4 Å². The summed E-state index contributed by atoms with van der Waals surface area (Å²) >= 11 is 0. The average molecular weight is 317 g/mol. The summed E-state index contributed by atoms with van der Waals surface area (Å²) in [5.74, 6) is 0.579. The molecule has 3 N–H and O–H groups in total. The fraction of sp³-hybridized carbons (Fsp3) is 0.294. The number of alkyl halides is 1. The van der Waals surface area contributed by atoms with E-state index in [0.717, 1.165) is 0 Å². The second kappa shape index (κ2) is 8.24. The molecule has 0 fully saturated rings. The van der Waals surface area contributed by atoms with Crippen LogP contribution in [0.5, 0.6) is 5.75 Å². The van der Waals surface area contributed by atoms with E-state index < -0.39 is 6.67 Å². The SMILES string of the molecule is CC(=O)C1=C(C=NCCOc2ccc(CF)cc2)C(N)C=CN1. The maximum atomic E-state index is 12.4. The number of Topliss-reactive ketones (excluding diaryl/α,β-unsaturated/α-hetero) is 1. The first-order valence-electron chi connectivity index (χ1n) is 7.33. The standard InChI is InChI=1S/C17H20FN3O2/c1-12(22)17-15(16(19)6-7-21-17)11-20-8-9-23-14-4-2-13(10-18)3-5-14/h2-7,11,16,21H,8-10,19H2,1H3. The number of carbonyl (C=O) groups is 1. The number of hydrogen-bond donors (Lipinski definition) is 2. The molecule has 1 atom stereocenters. The number of ketones is 1. The van der Waals surface area contributed by atoms with E-state index in [9.17, 15) is 9.18 Å². The molecule has 0 bridgehead atoms. The van der Waals surface area contributed by atoms with Crippen LogP contribution in [-0.4, -0.2) is 31.2 Å². The molecule has 1 unspecified atom stereocenters. The monoisotopic (exact) mass is 317 g/mol. The number of dihydropyridines is 1. The fourth-order valence-corrected chi connectivity index (χ4v) is 2.10. The third-order valence-corrected chi connectivity index (χ3v) is 3.33. The summed E-state index contributed by atoms with van der Waals surface area (Å²) in [5.41, 5.74) is 7.69. The van der Waals surface area contributed by atoms with Crippen molar-refractivity contribution in [2.24, 2.45) is 10.7 Å². The van der Waals surface area contributed by atoms with Gasteiger partial charge in [-0.2, -0.15) is 0 Å². The zero-order valence-electron chi connectivity index (χ0n) is 13.0. The minimum atomic E-state index is -0.485. The summed E-state index contributed by atoms with van der Waals surface area (Å²) in [5, 5.41) is 2.89. The molecule has 1 aliphatic rings. The Bertz CT molecular complexity index is 636. The molecule has 0 aromatic heterocycles. The molecule has 2 rings (SSSR count). The fourth-order valence-electron chi connectivity index (χ4n) is 2.10. The topological polar surface area (TPSA) is 76.7 Å². The lowest BCUT2D eigenvalue weighted by Crippen LogP contribution is -2.32. The number of hydrogen-bond acceptors (Lipinski definition) is 5. The second-order valence-corrected chi connectivity index (χ2v) is 5.08. The number of ether oxygens (including phenoxy) is 1. The smallest absolute Gasteiger partial charge is 0.176 e. The first-order valence-corrected chi connectivity index (χ1v) is 7.33. The highest BCUT2D eigenvalue weighted by molar-refractivity contribution is 6.00. The number of nitrogens with two attached hydrogens (primary N) is 1. The highest BCUT2D eigenvalue weighted by Crippen LogP contribution is 2.13. The van der Waals surface area contributed by atoms with Crippen molar-refractivity contribution in [2.75, 3.05) is 13.2 Å². The van der Waals surface area contributed by atoms with E-state index in [-0.39, 0.29) is 11.8 Å². The van der Waals surface area contributed by atoms with Gasteiger partial charge in [0.15, 0.2) is 5.78 Å². The molecule has 0 amide bonds. The maximum absolute atomic E-state index is 12.4. The first-order chi connectivity index (χ1) is 11.1. The Kier molecular flexibility index (Phi) is 6.05. The van der Waals surface area contributed by atoms with E-state index in [1.165, 1.54) is 6.92 Å². The molecule has 0 saturated heterocycles. The zero-order chi connectivity index (χ0) is 16.7. The summed E-state index contributed by atoms with van der Waals surface area (Å²) in [7, 11) is 0. The van der Waals surface area contributed by atoms with Crippen LogP contribution in [0.15, 0.2) is 52.8 Å². The van der Waals surface area contributed by atoms with Gasteiger partial charge in [-0.1, -0.05) is 12.1 Å². The molecule has 1 aromatic carbocycles. The third-order valence-electron chi connectivity index (χ3n) is 3.33. The largest absolute Gasteiger partial charge is 0.492 e. The van der Waals surface area contributed by atoms with Gasteiger partial charge in [0.2, 0.25) is 0 Å². The van der Waals surface area contributed by atoms with Crippen molar-refractivity contribution >= 4 is 12.0 Å². The van der Waals surface area contributed by atoms with Crippen LogP contribution in [0.4, 0.5) is 4.39 Å². The van der Waals surface area contributed by atoms with Gasteiger partial charge in [0.25, 0.3) is 0 Å². The Morgan fingerprint density at radius 3 is 2.83 bits per heavy atom. The predicted octanol–water partition coefficient (Wildman–Crippen LogP) is 1.89. The van der Waals surface area contributed by atoms with Gasteiger partial charge in [-0.3, -0.25) is 9.79 Å². The predicted molar refractivity (Wildman–Crippen MR) is 88.1 cm³/mol. The van der Waals surface area contributed by atoms with E-state index >= 15 is 0 Å². The van der Waals surface area contributed by atoms with Gasteiger partial charge < -0.3 is 15.8 Å². The van der Waals surface area contributed by atoms with Gasteiger partial charge in [-0.25, -0.2) is 4.39 Å². The molecule has 0 aliphatic carbocycles. The molecule has 23 heavy (non-hydrogen) atoms. The second-order valence-electron chi connectivity index (χ2n) is 5.08. The minimum Gasteiger partial charge on any atom is -0.492 e. The van der Waals surface area contributed by atoms with E-state index in [4.69, 9.17) is 10.5 Å². The van der Waals surface area contributed by atoms with Crippen LogP contribution in [0.25, 0.3) is 0 Å². The van der Waals surface area contributed by atoms with Gasteiger partial charge in [-0.05, 0) is 30.0 Å². The Labute approximate surface area is 134 Å². The lowest BCUT2D eigenvalue weighted by Gasteiger charge is -2.18. The van der Waals surface area contributed by atoms with Crippen molar-refractivity contribution in [3.63, 3.8) is 0 Å². The quantitative estimate of drug-likeness (QED) is 0.595. The highest BCUT2D eigenvalue weighted by Gasteiger charge is 2.17. The first kappa shape index (κ1) is 16.9. The lowest BCUT2D eigenvalue weighted by atomic mass is 10.0. The summed E-state index contributed by atoms with van der Waals surface area (Å²) in [4.78, 5) is 15.8. The van der Waals surface area contributed by atoms with Crippen LogP contribution in [0, 0.1) is 0 Å². The van der Waals surface area contributed by atoms with Crippen LogP contribution in [0.1, 0.15) is 12.5 Å². The average Bonchev–Trinajstić information content (AvgIpc) is 2.56. The van der Waals surface area contributed by atoms with E-state index in [2.05, 4.69) is 10.3 Å². The van der Waals surface area contributed by atoms with E-state index in [1.807, 2.05) is 0 Å². The van der Waals surface area contributed by atoms with Gasteiger partial charge in [-0.15, -0.1) is 0 Å². The molecular formula is C17H20FN3O2. The Hall–Kier alpha value is -2.47. The summed E-state index contributed by atoms with van der Waals surface area (Å²) in [6.45, 7) is 1.80. The van der Waals surface area contributed by atoms with Crippen molar-refractivity contribution in [1.82, 2.24) is 5.32 Å². The molecule has 0 spiro atoms. The zero-order valence-corrected chi connectivity index (χ0v) is 13.0. The van der Waals surface area contributed by atoms with Crippen molar-refractivity contribution in [2.45, 2.75) is 19.6 Å². The molecule has 1 heterocycles. The number of carbonyl (C=O) groups excluding carboxylic acids is 1. The molecule has 6 heteroatoms. The van der Waals surface area contributed by atoms with E-state index in [1.54, 1.807) is 42.8 Å². The molecule has 0 radical (unpaired) electrons. The highest BCUT2D eigenvalue weighted by atomic mass is 19.1. The van der Waals surface area contributed by atoms with Gasteiger partial charge in [0.05, 0.1) is 18.3 Å². The molecular weight excluding hydrogens is 297 g/mol. The minimum absolute atomic E-state index is 0.0875. The Balaban J connectivity index is 1.87. The van der Waals surface area contributed by atoms with Gasteiger partial charge in [0, 0.05) is 18.7 Å². The number of aliphatic imine (C=N–C) groups is 1. The van der Waals surface area contributed by atoms with Crippen molar-refractivity contribution in [3.8, 4) is 5.75 Å². The third kappa shape index (κ3) is 4.75. The number of benzene rings is 1. The molecule has 122 valence electrons. The number of nitrogens with zero attached hydrogens (tertiary/aromatic N) is 1. The lowest BCUT2D eigenvalue weighted by molar-refractivity contribution is -0.113. The summed E-state index contributed by atoms with van der Waals surface area (Å²) < 4.78 is 17.9. The number of halogens is 1. The normalized spacial score (nSPS) is 17.4. The van der Waals surface area contributed by atoms with Gasteiger partial charge in [0.1, 0.15) is 19.0 Å². The summed E-state index contributed by atoms with van der Waals surface area (Å²) in [6, 6.07) is 6.46. The van der Waals surface area contributed by atoms with E-state index in [0.29, 0.717) is 35.7 Å². The summed E-state index contributed by atoms with van der Waals surface area (Å²) in [6.07, 6.45) is 5.02. The van der Waals surface area contributed by atoms with Crippen molar-refractivity contribution < 1.29 is 13.9 Å². The molecule has 0 saturated carbocycles. The number of rotatable bonds is 7. The van der Waals surface area contributed by atoms with Crippen molar-refractivity contribution in [1.29, 1.82) is 0 Å². The van der Waals surface area contributed by atoms with Crippen LogP contribution < -0.4 is 15.8 Å². The molecule has 1 aromatic rings. The maximum Gasteiger partial charge on any atom is 0.176 e. The Morgan fingerprint density at radius 1 is 1.43 bits per heavy atom. The number of nitrogens with one attached hydrogen (secondary N) is 1. The van der Waals surface area contributed by atoms with Crippen LogP contribution >= 0.6 is 0 Å². The van der Waals surface area contributed by atoms with Crippen LogP contribution in [0.3, 0.4) is 0 Å². The number of allylic oxidation sites excluding steroid dienone is 1.